The van der Waals surface area contributed by atoms with Crippen molar-refractivity contribution in [2.75, 3.05) is 6.54 Å². The molecule has 0 bridgehead atoms. The maximum Gasteiger partial charge on any atom is 0.315 e. The minimum absolute atomic E-state index is 0.180. The number of likely N-dealkylation sites (tertiary alicyclic amines) is 1. The molecule has 1 heterocycles. The quantitative estimate of drug-likeness (QED) is 0.674. The number of rotatable bonds is 2. The van der Waals surface area contributed by atoms with Crippen molar-refractivity contribution >= 4 is 11.9 Å². The van der Waals surface area contributed by atoms with Crippen LogP contribution in [0.4, 0.5) is 0 Å². The van der Waals surface area contributed by atoms with Gasteiger partial charge in [0.05, 0.1) is 0 Å². The first-order chi connectivity index (χ1) is 6.43. The van der Waals surface area contributed by atoms with E-state index in [1.807, 2.05) is 6.92 Å². The number of hydrogen-bond donors (Lipinski definition) is 1. The zero-order valence-electron chi connectivity index (χ0n) is 8.86. The molecule has 3 unspecified atom stereocenters. The standard InChI is InChI=1S/C10H17NO3/c1-6-4-7(2)11(5-6)9(12)8(3)10(13)14/h6-8H,4-5H2,1-3H3,(H,13,14). The van der Waals surface area contributed by atoms with Crippen molar-refractivity contribution in [1.82, 2.24) is 4.90 Å². The molecule has 4 heteroatoms. The molecule has 3 atom stereocenters. The van der Waals surface area contributed by atoms with E-state index in [-0.39, 0.29) is 11.9 Å². The van der Waals surface area contributed by atoms with Crippen LogP contribution in [0.5, 0.6) is 0 Å². The minimum Gasteiger partial charge on any atom is -0.481 e. The van der Waals surface area contributed by atoms with Gasteiger partial charge in [0.15, 0.2) is 0 Å². The molecule has 0 aliphatic carbocycles. The molecule has 0 aromatic carbocycles. The third-order valence-corrected chi connectivity index (χ3v) is 2.81. The lowest BCUT2D eigenvalue weighted by atomic mass is 10.1. The second-order valence-corrected chi connectivity index (χ2v) is 4.24. The lowest BCUT2D eigenvalue weighted by Gasteiger charge is -2.23. The number of carbonyl (C=O) groups excluding carboxylic acids is 1. The molecule has 0 spiro atoms. The van der Waals surface area contributed by atoms with Crippen LogP contribution in [0.1, 0.15) is 27.2 Å². The van der Waals surface area contributed by atoms with E-state index in [2.05, 4.69) is 6.92 Å². The predicted molar refractivity (Wildman–Crippen MR) is 51.8 cm³/mol. The topological polar surface area (TPSA) is 57.6 Å². The van der Waals surface area contributed by atoms with Crippen molar-refractivity contribution in [3.05, 3.63) is 0 Å². The molecule has 1 aliphatic rings. The molecule has 1 amide bonds. The molecule has 1 aliphatic heterocycles. The predicted octanol–water partition coefficient (Wildman–Crippen LogP) is 0.964. The molecular weight excluding hydrogens is 182 g/mol. The summed E-state index contributed by atoms with van der Waals surface area (Å²) in [5.41, 5.74) is 0. The lowest BCUT2D eigenvalue weighted by molar-refractivity contribution is -0.150. The Morgan fingerprint density at radius 2 is 2.00 bits per heavy atom. The monoisotopic (exact) mass is 199 g/mol. The van der Waals surface area contributed by atoms with E-state index in [0.29, 0.717) is 12.5 Å². The normalized spacial score (nSPS) is 28.9. The molecule has 0 saturated carbocycles. The first-order valence-electron chi connectivity index (χ1n) is 4.96. The minimum atomic E-state index is -1.04. The SMILES string of the molecule is CC1CC(C)N(C(=O)C(C)C(=O)O)C1. The summed E-state index contributed by atoms with van der Waals surface area (Å²) in [6.07, 6.45) is 0.970. The van der Waals surface area contributed by atoms with E-state index < -0.39 is 11.9 Å². The summed E-state index contributed by atoms with van der Waals surface area (Å²) in [6, 6.07) is 0.180. The van der Waals surface area contributed by atoms with Crippen LogP contribution in [0.3, 0.4) is 0 Å². The number of carboxylic acids is 1. The molecular formula is C10H17NO3. The molecule has 0 aromatic rings. The molecule has 1 saturated heterocycles. The molecule has 4 nitrogen and oxygen atoms in total. The average Bonchev–Trinajstić information content (AvgIpc) is 2.42. The van der Waals surface area contributed by atoms with Gasteiger partial charge in [-0.05, 0) is 26.2 Å². The summed E-state index contributed by atoms with van der Waals surface area (Å²) in [5, 5.41) is 8.72. The van der Waals surface area contributed by atoms with Gasteiger partial charge in [-0.15, -0.1) is 0 Å². The third kappa shape index (κ3) is 2.05. The lowest BCUT2D eigenvalue weighted by Crippen LogP contribution is -2.40. The zero-order valence-corrected chi connectivity index (χ0v) is 8.86. The van der Waals surface area contributed by atoms with Crippen LogP contribution in [0.2, 0.25) is 0 Å². The first-order valence-corrected chi connectivity index (χ1v) is 4.96. The van der Waals surface area contributed by atoms with Gasteiger partial charge in [0.25, 0.3) is 0 Å². The molecule has 0 radical (unpaired) electrons. The zero-order chi connectivity index (χ0) is 10.9. The Balaban J connectivity index is 2.65. The summed E-state index contributed by atoms with van der Waals surface area (Å²) < 4.78 is 0. The highest BCUT2D eigenvalue weighted by Crippen LogP contribution is 2.23. The number of aliphatic carboxylic acids is 1. The highest BCUT2D eigenvalue weighted by atomic mass is 16.4. The Bertz CT molecular complexity index is 252. The van der Waals surface area contributed by atoms with E-state index in [4.69, 9.17) is 5.11 Å². The van der Waals surface area contributed by atoms with Gasteiger partial charge in [-0.25, -0.2) is 0 Å². The average molecular weight is 199 g/mol. The van der Waals surface area contributed by atoms with Gasteiger partial charge in [0.1, 0.15) is 5.92 Å². The molecule has 1 rings (SSSR count). The summed E-state index contributed by atoms with van der Waals surface area (Å²) in [6.45, 7) is 6.18. The van der Waals surface area contributed by atoms with E-state index in [9.17, 15) is 9.59 Å². The smallest absolute Gasteiger partial charge is 0.315 e. The van der Waals surface area contributed by atoms with Gasteiger partial charge in [0.2, 0.25) is 5.91 Å². The fraction of sp³-hybridized carbons (Fsp3) is 0.800. The summed E-state index contributed by atoms with van der Waals surface area (Å²) >= 11 is 0. The summed E-state index contributed by atoms with van der Waals surface area (Å²) in [4.78, 5) is 24.0. The number of carboxylic acid groups (broad SMARTS) is 1. The van der Waals surface area contributed by atoms with Gasteiger partial charge in [-0.1, -0.05) is 6.92 Å². The van der Waals surface area contributed by atoms with E-state index in [1.54, 1.807) is 4.90 Å². The fourth-order valence-electron chi connectivity index (χ4n) is 1.96. The van der Waals surface area contributed by atoms with Crippen LogP contribution >= 0.6 is 0 Å². The molecule has 14 heavy (non-hydrogen) atoms. The molecule has 1 N–H and O–H groups in total. The Morgan fingerprint density at radius 3 is 2.36 bits per heavy atom. The van der Waals surface area contributed by atoms with Crippen molar-refractivity contribution in [3.63, 3.8) is 0 Å². The summed E-state index contributed by atoms with van der Waals surface area (Å²) in [5.74, 6) is -1.73. The highest BCUT2D eigenvalue weighted by molar-refractivity contribution is 5.96. The second kappa shape index (κ2) is 3.98. The van der Waals surface area contributed by atoms with Crippen LogP contribution < -0.4 is 0 Å². The Hall–Kier alpha value is -1.06. The molecule has 1 fully saturated rings. The maximum atomic E-state index is 11.7. The van der Waals surface area contributed by atoms with Crippen molar-refractivity contribution in [3.8, 4) is 0 Å². The van der Waals surface area contributed by atoms with Gasteiger partial charge in [-0.2, -0.15) is 0 Å². The van der Waals surface area contributed by atoms with Gasteiger partial charge in [-0.3, -0.25) is 9.59 Å². The molecule has 0 aromatic heterocycles. The van der Waals surface area contributed by atoms with Crippen LogP contribution in [0, 0.1) is 11.8 Å². The second-order valence-electron chi connectivity index (χ2n) is 4.24. The number of amides is 1. The fourth-order valence-corrected chi connectivity index (χ4v) is 1.96. The Labute approximate surface area is 83.9 Å². The number of nitrogens with zero attached hydrogens (tertiary/aromatic N) is 1. The largest absolute Gasteiger partial charge is 0.481 e. The third-order valence-electron chi connectivity index (χ3n) is 2.81. The van der Waals surface area contributed by atoms with Crippen molar-refractivity contribution in [2.45, 2.75) is 33.2 Å². The van der Waals surface area contributed by atoms with Gasteiger partial charge >= 0.3 is 5.97 Å². The van der Waals surface area contributed by atoms with Crippen LogP contribution in [-0.2, 0) is 9.59 Å². The van der Waals surface area contributed by atoms with Crippen molar-refractivity contribution in [1.29, 1.82) is 0 Å². The summed E-state index contributed by atoms with van der Waals surface area (Å²) in [7, 11) is 0. The highest BCUT2D eigenvalue weighted by Gasteiger charge is 2.34. The van der Waals surface area contributed by atoms with Gasteiger partial charge in [0, 0.05) is 12.6 Å². The number of carbonyl (C=O) groups is 2. The van der Waals surface area contributed by atoms with E-state index >= 15 is 0 Å². The van der Waals surface area contributed by atoms with E-state index in [0.717, 1.165) is 6.42 Å². The Morgan fingerprint density at radius 1 is 1.43 bits per heavy atom. The first kappa shape index (κ1) is 11.0. The van der Waals surface area contributed by atoms with Crippen LogP contribution in [0.25, 0.3) is 0 Å². The molecule has 80 valence electrons. The van der Waals surface area contributed by atoms with Crippen LogP contribution in [0.15, 0.2) is 0 Å². The Kier molecular flexibility index (Phi) is 3.13. The van der Waals surface area contributed by atoms with Crippen molar-refractivity contribution < 1.29 is 14.7 Å². The van der Waals surface area contributed by atoms with Gasteiger partial charge < -0.3 is 10.0 Å². The van der Waals surface area contributed by atoms with E-state index in [1.165, 1.54) is 6.92 Å². The number of hydrogen-bond acceptors (Lipinski definition) is 2. The van der Waals surface area contributed by atoms with Crippen molar-refractivity contribution in [2.24, 2.45) is 11.8 Å². The maximum absolute atomic E-state index is 11.7. The van der Waals surface area contributed by atoms with Crippen LogP contribution in [-0.4, -0.2) is 34.5 Å².